The van der Waals surface area contributed by atoms with Gasteiger partial charge < -0.3 is 9.66 Å². The minimum atomic E-state index is -0.804. The van der Waals surface area contributed by atoms with Gasteiger partial charge in [0.1, 0.15) is 11.5 Å². The fourth-order valence-corrected chi connectivity index (χ4v) is 2.27. The largest absolute Gasteiger partial charge is 0.616 e. The van der Waals surface area contributed by atoms with E-state index in [2.05, 4.69) is 6.92 Å². The van der Waals surface area contributed by atoms with E-state index in [4.69, 9.17) is 5.11 Å². The maximum absolute atomic E-state index is 11.2. The van der Waals surface area contributed by atoms with Crippen molar-refractivity contribution >= 4 is 11.2 Å². The SMILES string of the molecule is CCCCCC[S+]([O-])CC(C)O. The third-order valence-electron chi connectivity index (χ3n) is 1.65. The van der Waals surface area contributed by atoms with Crippen LogP contribution in [-0.4, -0.2) is 27.3 Å². The molecule has 2 atom stereocenters. The van der Waals surface area contributed by atoms with E-state index in [0.29, 0.717) is 5.75 Å². The average molecular weight is 192 g/mol. The first-order valence-corrected chi connectivity index (χ1v) is 6.18. The molecule has 2 nitrogen and oxygen atoms in total. The standard InChI is InChI=1S/C9H20O2S/c1-3-4-5-6-7-12(11)8-9(2)10/h9-10H,3-8H2,1-2H3. The van der Waals surface area contributed by atoms with Crippen LogP contribution in [0.25, 0.3) is 0 Å². The number of aliphatic hydroxyl groups excluding tert-OH is 1. The molecule has 0 aromatic heterocycles. The summed E-state index contributed by atoms with van der Waals surface area (Å²) < 4.78 is 11.2. The summed E-state index contributed by atoms with van der Waals surface area (Å²) in [5.74, 6) is 1.19. The van der Waals surface area contributed by atoms with Crippen LogP contribution in [0, 0.1) is 0 Å². The van der Waals surface area contributed by atoms with Crippen LogP contribution in [0.1, 0.15) is 39.5 Å². The van der Waals surface area contributed by atoms with Gasteiger partial charge in [-0.3, -0.25) is 0 Å². The summed E-state index contributed by atoms with van der Waals surface area (Å²) in [6.07, 6.45) is 4.22. The molecule has 1 N–H and O–H groups in total. The van der Waals surface area contributed by atoms with Gasteiger partial charge in [0.05, 0.1) is 6.10 Å². The highest BCUT2D eigenvalue weighted by Crippen LogP contribution is 2.03. The summed E-state index contributed by atoms with van der Waals surface area (Å²) in [4.78, 5) is 0. The molecule has 0 aliphatic rings. The number of unbranched alkanes of at least 4 members (excludes halogenated alkanes) is 3. The fraction of sp³-hybridized carbons (Fsp3) is 1.00. The molecule has 2 unspecified atom stereocenters. The molecule has 0 aliphatic heterocycles. The van der Waals surface area contributed by atoms with Gasteiger partial charge in [-0.15, -0.1) is 0 Å². The molecule has 0 heterocycles. The van der Waals surface area contributed by atoms with E-state index in [1.807, 2.05) is 0 Å². The molecule has 0 spiro atoms. The number of aliphatic hydroxyl groups is 1. The van der Waals surface area contributed by atoms with E-state index >= 15 is 0 Å². The summed E-state index contributed by atoms with van der Waals surface area (Å²) in [5, 5.41) is 8.93. The Balaban J connectivity index is 3.14. The maximum atomic E-state index is 11.2. The predicted molar refractivity (Wildman–Crippen MR) is 53.7 cm³/mol. The molecule has 74 valence electrons. The van der Waals surface area contributed by atoms with Crippen molar-refractivity contribution in [3.8, 4) is 0 Å². The van der Waals surface area contributed by atoms with Crippen molar-refractivity contribution in [3.63, 3.8) is 0 Å². The third-order valence-corrected chi connectivity index (χ3v) is 3.25. The van der Waals surface area contributed by atoms with Gasteiger partial charge in [-0.1, -0.05) is 30.9 Å². The van der Waals surface area contributed by atoms with Gasteiger partial charge in [0.2, 0.25) is 0 Å². The quantitative estimate of drug-likeness (QED) is 0.493. The topological polar surface area (TPSA) is 43.3 Å². The number of rotatable bonds is 7. The van der Waals surface area contributed by atoms with E-state index in [1.165, 1.54) is 19.3 Å². The molecular weight excluding hydrogens is 172 g/mol. The second-order valence-corrected chi connectivity index (χ2v) is 4.84. The van der Waals surface area contributed by atoms with Crippen LogP contribution >= 0.6 is 0 Å². The van der Waals surface area contributed by atoms with Gasteiger partial charge in [0.15, 0.2) is 0 Å². The minimum absolute atomic E-state index is 0.419. The van der Waals surface area contributed by atoms with Crippen molar-refractivity contribution in [2.75, 3.05) is 11.5 Å². The Bertz CT molecular complexity index is 96.5. The lowest BCUT2D eigenvalue weighted by Crippen LogP contribution is -2.20. The first-order chi connectivity index (χ1) is 5.66. The van der Waals surface area contributed by atoms with Gasteiger partial charge in [0, 0.05) is 0 Å². The van der Waals surface area contributed by atoms with Crippen LogP contribution in [0.3, 0.4) is 0 Å². The average Bonchev–Trinajstić information content (AvgIpc) is 1.97. The second-order valence-electron chi connectivity index (χ2n) is 3.22. The van der Waals surface area contributed by atoms with Gasteiger partial charge in [-0.25, -0.2) is 0 Å². The molecule has 0 amide bonds. The molecule has 0 aliphatic carbocycles. The Hall–Kier alpha value is 0.270. The van der Waals surface area contributed by atoms with E-state index in [-0.39, 0.29) is 0 Å². The van der Waals surface area contributed by atoms with E-state index < -0.39 is 17.3 Å². The van der Waals surface area contributed by atoms with Gasteiger partial charge in [-0.05, 0) is 19.8 Å². The molecule has 12 heavy (non-hydrogen) atoms. The van der Waals surface area contributed by atoms with Crippen molar-refractivity contribution in [1.29, 1.82) is 0 Å². The Morgan fingerprint density at radius 2 is 2.00 bits per heavy atom. The monoisotopic (exact) mass is 192 g/mol. The molecule has 0 aromatic carbocycles. The lowest BCUT2D eigenvalue weighted by Gasteiger charge is -2.11. The third kappa shape index (κ3) is 8.37. The summed E-state index contributed by atoms with van der Waals surface area (Å²) in [6.45, 7) is 3.84. The summed E-state index contributed by atoms with van der Waals surface area (Å²) in [5.41, 5.74) is 0. The molecule has 0 radical (unpaired) electrons. The Kier molecular flexibility index (Phi) is 8.07. The van der Waals surface area contributed by atoms with Crippen molar-refractivity contribution in [1.82, 2.24) is 0 Å². The van der Waals surface area contributed by atoms with Crippen LogP contribution in [0.2, 0.25) is 0 Å². The smallest absolute Gasteiger partial charge is 0.131 e. The van der Waals surface area contributed by atoms with E-state index in [9.17, 15) is 4.55 Å². The summed E-state index contributed by atoms with van der Waals surface area (Å²) in [6, 6.07) is 0. The van der Waals surface area contributed by atoms with Gasteiger partial charge in [0.25, 0.3) is 0 Å². The summed E-state index contributed by atoms with van der Waals surface area (Å²) in [7, 11) is 0. The Morgan fingerprint density at radius 1 is 1.33 bits per heavy atom. The van der Waals surface area contributed by atoms with Crippen LogP contribution in [0.4, 0.5) is 0 Å². The number of hydrogen-bond acceptors (Lipinski definition) is 2. The molecule has 0 rings (SSSR count). The molecule has 0 bridgehead atoms. The van der Waals surface area contributed by atoms with Crippen LogP contribution in [0.15, 0.2) is 0 Å². The fourth-order valence-electron chi connectivity index (χ4n) is 1.04. The molecule has 3 heteroatoms. The van der Waals surface area contributed by atoms with Crippen molar-refractivity contribution in [2.24, 2.45) is 0 Å². The molecule has 0 saturated carbocycles. The highest BCUT2D eigenvalue weighted by atomic mass is 32.2. The van der Waals surface area contributed by atoms with Crippen molar-refractivity contribution in [3.05, 3.63) is 0 Å². The molecule has 0 saturated heterocycles. The predicted octanol–water partition coefficient (Wildman–Crippen LogP) is 1.70. The van der Waals surface area contributed by atoms with Crippen molar-refractivity contribution < 1.29 is 9.66 Å². The highest BCUT2D eigenvalue weighted by molar-refractivity contribution is 7.91. The second kappa shape index (κ2) is 7.90. The van der Waals surface area contributed by atoms with Crippen LogP contribution in [-0.2, 0) is 11.2 Å². The van der Waals surface area contributed by atoms with Crippen LogP contribution in [0.5, 0.6) is 0 Å². The van der Waals surface area contributed by atoms with Crippen LogP contribution < -0.4 is 0 Å². The first-order valence-electron chi connectivity index (χ1n) is 4.69. The van der Waals surface area contributed by atoms with Crippen molar-refractivity contribution in [2.45, 2.75) is 45.6 Å². The normalized spacial score (nSPS) is 16.0. The first kappa shape index (κ1) is 12.3. The molecule has 0 aromatic rings. The minimum Gasteiger partial charge on any atom is -0.616 e. The highest BCUT2D eigenvalue weighted by Gasteiger charge is 2.08. The number of hydrogen-bond donors (Lipinski definition) is 1. The lowest BCUT2D eigenvalue weighted by molar-refractivity contribution is 0.218. The zero-order valence-electron chi connectivity index (χ0n) is 8.08. The molecule has 0 fully saturated rings. The zero-order chi connectivity index (χ0) is 9.40. The van der Waals surface area contributed by atoms with E-state index in [0.717, 1.165) is 12.2 Å². The maximum Gasteiger partial charge on any atom is 0.131 e. The van der Waals surface area contributed by atoms with Gasteiger partial charge in [-0.2, -0.15) is 0 Å². The lowest BCUT2D eigenvalue weighted by atomic mass is 10.2. The summed E-state index contributed by atoms with van der Waals surface area (Å²) >= 11 is -0.804. The molecular formula is C9H20O2S. The Labute approximate surface area is 78.5 Å². The van der Waals surface area contributed by atoms with E-state index in [1.54, 1.807) is 6.92 Å². The Morgan fingerprint density at radius 3 is 2.50 bits per heavy atom. The van der Waals surface area contributed by atoms with Gasteiger partial charge >= 0.3 is 0 Å². The zero-order valence-corrected chi connectivity index (χ0v) is 8.90.